The van der Waals surface area contributed by atoms with Gasteiger partial charge >= 0.3 is 0 Å². The Labute approximate surface area is 69.2 Å². The first-order valence-electron chi connectivity index (χ1n) is 3.46. The summed E-state index contributed by atoms with van der Waals surface area (Å²) in [6.45, 7) is 0.834. The molecule has 1 atom stereocenters. The number of benzene rings is 1. The molecule has 0 unspecified atom stereocenters. The second kappa shape index (κ2) is 2.47. The minimum atomic E-state index is -0.215. The number of nitrogens with one attached hydrogen (secondary N) is 1. The molecule has 2 rings (SSSR count). The molecule has 3 heteroatoms. The normalized spacial score (nSPS) is 21.8. The zero-order chi connectivity index (χ0) is 7.84. The second-order valence-corrected chi connectivity index (χ2v) is 3.00. The van der Waals surface area contributed by atoms with Crippen molar-refractivity contribution in [1.82, 2.24) is 5.32 Å². The summed E-state index contributed by atoms with van der Waals surface area (Å²) in [4.78, 5) is 0. The third-order valence-corrected chi connectivity index (χ3v) is 2.09. The van der Waals surface area contributed by atoms with E-state index in [1.807, 2.05) is 0 Å². The molecule has 1 N–H and O–H groups in total. The molecular formula is C8H7ClFN. The lowest BCUT2D eigenvalue weighted by Crippen LogP contribution is -1.90. The Bertz CT molecular complexity index is 263. The van der Waals surface area contributed by atoms with E-state index in [1.165, 1.54) is 6.07 Å². The van der Waals surface area contributed by atoms with Crippen molar-refractivity contribution in [1.29, 1.82) is 0 Å². The van der Waals surface area contributed by atoms with E-state index in [9.17, 15) is 4.39 Å². The molecule has 0 aromatic heterocycles. The number of rotatable bonds is 1. The molecule has 1 nitrogen and oxygen atoms in total. The molecule has 0 saturated carbocycles. The first kappa shape index (κ1) is 7.07. The van der Waals surface area contributed by atoms with E-state index in [1.54, 1.807) is 12.1 Å². The summed E-state index contributed by atoms with van der Waals surface area (Å²) in [6.07, 6.45) is 0. The number of hydrogen-bond donors (Lipinski definition) is 1. The zero-order valence-electron chi connectivity index (χ0n) is 5.77. The molecule has 1 aromatic rings. The summed E-state index contributed by atoms with van der Waals surface area (Å²) in [5.74, 6) is -0.215. The molecule has 0 bridgehead atoms. The monoisotopic (exact) mass is 171 g/mol. The predicted octanol–water partition coefficient (Wildman–Crippen LogP) is 2.12. The first-order valence-corrected chi connectivity index (χ1v) is 3.84. The molecule has 0 aliphatic carbocycles. The maximum absolute atomic E-state index is 13.0. The van der Waals surface area contributed by atoms with Crippen LogP contribution in [0.5, 0.6) is 0 Å². The highest BCUT2D eigenvalue weighted by Gasteiger charge is 2.27. The van der Waals surface area contributed by atoms with Gasteiger partial charge in [-0.05, 0) is 12.1 Å². The van der Waals surface area contributed by atoms with Crippen molar-refractivity contribution < 1.29 is 4.39 Å². The van der Waals surface area contributed by atoms with E-state index >= 15 is 0 Å². The highest BCUT2D eigenvalue weighted by atomic mass is 35.5. The van der Waals surface area contributed by atoms with Crippen LogP contribution in [0.3, 0.4) is 0 Å². The van der Waals surface area contributed by atoms with Crippen LogP contribution in [0.15, 0.2) is 18.2 Å². The van der Waals surface area contributed by atoms with Gasteiger partial charge in [-0.3, -0.25) is 0 Å². The Kier molecular flexibility index (Phi) is 1.59. The lowest BCUT2D eigenvalue weighted by Gasteiger charge is -2.00. The molecule has 1 aliphatic heterocycles. The fourth-order valence-electron chi connectivity index (χ4n) is 1.11. The van der Waals surface area contributed by atoms with Gasteiger partial charge in [0.15, 0.2) is 0 Å². The van der Waals surface area contributed by atoms with Crippen molar-refractivity contribution in [2.75, 3.05) is 6.54 Å². The largest absolute Gasteiger partial charge is 0.307 e. The van der Waals surface area contributed by atoms with Crippen LogP contribution >= 0.6 is 11.6 Å². The van der Waals surface area contributed by atoms with Crippen molar-refractivity contribution in [2.24, 2.45) is 0 Å². The van der Waals surface area contributed by atoms with Crippen molar-refractivity contribution in [3.8, 4) is 0 Å². The summed E-state index contributed by atoms with van der Waals surface area (Å²) >= 11 is 5.78. The molecule has 0 spiro atoms. The van der Waals surface area contributed by atoms with Crippen LogP contribution in [0, 0.1) is 5.82 Å². The van der Waals surface area contributed by atoms with Crippen LogP contribution < -0.4 is 5.32 Å². The molecular weight excluding hydrogens is 165 g/mol. The van der Waals surface area contributed by atoms with Gasteiger partial charge in [0, 0.05) is 23.2 Å². The second-order valence-electron chi connectivity index (χ2n) is 2.60. The van der Waals surface area contributed by atoms with Gasteiger partial charge in [-0.25, -0.2) is 4.39 Å². The summed E-state index contributed by atoms with van der Waals surface area (Å²) < 4.78 is 13.0. The van der Waals surface area contributed by atoms with Gasteiger partial charge < -0.3 is 5.32 Å². The van der Waals surface area contributed by atoms with E-state index in [0.717, 1.165) is 6.54 Å². The Balaban J connectivity index is 2.48. The minimum absolute atomic E-state index is 0.142. The Morgan fingerprint density at radius 1 is 1.55 bits per heavy atom. The smallest absolute Gasteiger partial charge is 0.129 e. The third-order valence-electron chi connectivity index (χ3n) is 1.76. The van der Waals surface area contributed by atoms with Crippen LogP contribution in [0.4, 0.5) is 4.39 Å². The molecule has 58 valence electrons. The van der Waals surface area contributed by atoms with Gasteiger partial charge in [-0.1, -0.05) is 17.7 Å². The van der Waals surface area contributed by atoms with Gasteiger partial charge in [-0.15, -0.1) is 0 Å². The van der Waals surface area contributed by atoms with Crippen molar-refractivity contribution in [3.05, 3.63) is 34.6 Å². The zero-order valence-corrected chi connectivity index (χ0v) is 6.53. The van der Waals surface area contributed by atoms with Gasteiger partial charge in [0.25, 0.3) is 0 Å². The van der Waals surface area contributed by atoms with Crippen LogP contribution in [0.25, 0.3) is 0 Å². The molecule has 1 heterocycles. The molecule has 11 heavy (non-hydrogen) atoms. The number of halogens is 2. The standard InChI is InChI=1S/C8H7ClFN/c9-5-2-1-3-6(10)8(5)7-4-11-7/h1-3,7,11H,4H2/t7-/m1/s1. The quantitative estimate of drug-likeness (QED) is 0.643. The highest BCUT2D eigenvalue weighted by Crippen LogP contribution is 2.30. The average Bonchev–Trinajstić information content (AvgIpc) is 2.70. The topological polar surface area (TPSA) is 21.9 Å². The van der Waals surface area contributed by atoms with Crippen LogP contribution in [0.2, 0.25) is 5.02 Å². The predicted molar refractivity (Wildman–Crippen MR) is 42.2 cm³/mol. The lowest BCUT2D eigenvalue weighted by atomic mass is 10.1. The molecule has 1 aromatic carbocycles. The van der Waals surface area contributed by atoms with Crippen LogP contribution in [-0.2, 0) is 0 Å². The molecule has 0 amide bonds. The highest BCUT2D eigenvalue weighted by molar-refractivity contribution is 6.31. The molecule has 1 fully saturated rings. The van der Waals surface area contributed by atoms with Crippen LogP contribution in [-0.4, -0.2) is 6.54 Å². The average molecular weight is 172 g/mol. The fourth-order valence-corrected chi connectivity index (χ4v) is 1.40. The third kappa shape index (κ3) is 1.24. The summed E-state index contributed by atoms with van der Waals surface area (Å²) in [5.41, 5.74) is 0.606. The van der Waals surface area contributed by atoms with Crippen LogP contribution in [0.1, 0.15) is 11.6 Å². The first-order chi connectivity index (χ1) is 5.29. The van der Waals surface area contributed by atoms with Gasteiger partial charge in [-0.2, -0.15) is 0 Å². The maximum Gasteiger partial charge on any atom is 0.129 e. The van der Waals surface area contributed by atoms with Gasteiger partial charge in [0.1, 0.15) is 5.82 Å². The van der Waals surface area contributed by atoms with E-state index in [0.29, 0.717) is 10.6 Å². The fraction of sp³-hybridized carbons (Fsp3) is 0.250. The summed E-state index contributed by atoms with van der Waals surface area (Å²) in [7, 11) is 0. The van der Waals surface area contributed by atoms with E-state index in [4.69, 9.17) is 11.6 Å². The van der Waals surface area contributed by atoms with Crippen molar-refractivity contribution in [2.45, 2.75) is 6.04 Å². The molecule has 1 aliphatic rings. The summed E-state index contributed by atoms with van der Waals surface area (Å²) in [6, 6.07) is 4.90. The lowest BCUT2D eigenvalue weighted by molar-refractivity contribution is 0.610. The van der Waals surface area contributed by atoms with E-state index < -0.39 is 0 Å². The van der Waals surface area contributed by atoms with Gasteiger partial charge in [0.2, 0.25) is 0 Å². The van der Waals surface area contributed by atoms with Gasteiger partial charge in [0.05, 0.1) is 0 Å². The van der Waals surface area contributed by atoms with Crippen molar-refractivity contribution in [3.63, 3.8) is 0 Å². The summed E-state index contributed by atoms with van der Waals surface area (Å²) in [5, 5.41) is 3.52. The SMILES string of the molecule is Fc1cccc(Cl)c1[C@H]1CN1. The maximum atomic E-state index is 13.0. The Morgan fingerprint density at radius 3 is 2.82 bits per heavy atom. The van der Waals surface area contributed by atoms with E-state index in [2.05, 4.69) is 5.32 Å². The Hall–Kier alpha value is -0.600. The Morgan fingerprint density at radius 2 is 2.27 bits per heavy atom. The molecule has 0 radical (unpaired) electrons. The molecule has 1 saturated heterocycles. The number of hydrogen-bond acceptors (Lipinski definition) is 1. The van der Waals surface area contributed by atoms with Crippen molar-refractivity contribution >= 4 is 11.6 Å². The minimum Gasteiger partial charge on any atom is -0.307 e. The van der Waals surface area contributed by atoms with E-state index in [-0.39, 0.29) is 11.9 Å².